The van der Waals surface area contributed by atoms with Crippen molar-refractivity contribution in [1.29, 1.82) is 0 Å². The third-order valence-corrected chi connectivity index (χ3v) is 5.24. The van der Waals surface area contributed by atoms with Crippen LogP contribution in [0.2, 0.25) is 10.0 Å². The molecule has 0 radical (unpaired) electrons. The van der Waals surface area contributed by atoms with Gasteiger partial charge in [0.1, 0.15) is 0 Å². The van der Waals surface area contributed by atoms with Gasteiger partial charge in [0.05, 0.1) is 0 Å². The summed E-state index contributed by atoms with van der Waals surface area (Å²) in [5.74, 6) is 1.09. The fraction of sp³-hybridized carbons (Fsp3) is 0.500. The molecule has 0 aromatic heterocycles. The molecule has 1 heterocycles. The van der Waals surface area contributed by atoms with Crippen molar-refractivity contribution in [3.8, 4) is 0 Å². The lowest BCUT2D eigenvalue weighted by molar-refractivity contribution is 0.466. The van der Waals surface area contributed by atoms with Crippen LogP contribution in [0.25, 0.3) is 0 Å². The number of aliphatic imine (C=N–C) groups is 1. The number of nitrogens with one attached hydrogen (secondary N) is 1. The molecule has 1 atom stereocenters. The SMILES string of the molecule is CCC1(C)CSC(=NCCc2ccc(Cl)cc2Cl)N1. The number of thioether (sulfide) groups is 1. The predicted molar refractivity (Wildman–Crippen MR) is 86.8 cm³/mol. The Balaban J connectivity index is 1.90. The third kappa shape index (κ3) is 4.04. The molecule has 2 nitrogen and oxygen atoms in total. The second-order valence-electron chi connectivity index (χ2n) is 5.00. The summed E-state index contributed by atoms with van der Waals surface area (Å²) in [7, 11) is 0. The average molecular weight is 317 g/mol. The maximum atomic E-state index is 6.14. The molecule has 1 fully saturated rings. The van der Waals surface area contributed by atoms with Gasteiger partial charge in [-0.2, -0.15) is 0 Å². The highest BCUT2D eigenvalue weighted by molar-refractivity contribution is 8.14. The van der Waals surface area contributed by atoms with Crippen LogP contribution in [-0.2, 0) is 6.42 Å². The summed E-state index contributed by atoms with van der Waals surface area (Å²) < 4.78 is 0. The van der Waals surface area contributed by atoms with Gasteiger partial charge < -0.3 is 5.32 Å². The summed E-state index contributed by atoms with van der Waals surface area (Å²) in [6.07, 6.45) is 1.95. The summed E-state index contributed by atoms with van der Waals surface area (Å²) in [5.41, 5.74) is 1.29. The van der Waals surface area contributed by atoms with Crippen molar-refractivity contribution in [1.82, 2.24) is 5.32 Å². The molecular weight excluding hydrogens is 299 g/mol. The molecule has 1 aromatic rings. The van der Waals surface area contributed by atoms with Gasteiger partial charge in [-0.3, -0.25) is 4.99 Å². The molecule has 0 spiro atoms. The maximum Gasteiger partial charge on any atom is 0.157 e. The van der Waals surface area contributed by atoms with Crippen LogP contribution in [0.3, 0.4) is 0 Å². The number of hydrogen-bond donors (Lipinski definition) is 1. The molecule has 1 N–H and O–H groups in total. The van der Waals surface area contributed by atoms with Crippen molar-refractivity contribution in [3.05, 3.63) is 33.8 Å². The van der Waals surface area contributed by atoms with E-state index in [0.29, 0.717) is 5.02 Å². The molecule has 0 bridgehead atoms. The average Bonchev–Trinajstić information content (AvgIpc) is 2.75. The highest BCUT2D eigenvalue weighted by Crippen LogP contribution is 2.26. The lowest BCUT2D eigenvalue weighted by Crippen LogP contribution is -2.39. The Morgan fingerprint density at radius 1 is 1.42 bits per heavy atom. The van der Waals surface area contributed by atoms with Crippen molar-refractivity contribution in [3.63, 3.8) is 0 Å². The smallest absolute Gasteiger partial charge is 0.157 e. The van der Waals surface area contributed by atoms with Crippen LogP contribution in [0.1, 0.15) is 25.8 Å². The number of rotatable bonds is 4. The molecule has 2 rings (SSSR count). The van der Waals surface area contributed by atoms with Gasteiger partial charge in [-0.1, -0.05) is 48.0 Å². The Morgan fingerprint density at radius 2 is 2.21 bits per heavy atom. The van der Waals surface area contributed by atoms with Crippen molar-refractivity contribution >= 4 is 40.1 Å². The Morgan fingerprint density at radius 3 is 2.84 bits per heavy atom. The van der Waals surface area contributed by atoms with Gasteiger partial charge in [0.15, 0.2) is 5.17 Å². The van der Waals surface area contributed by atoms with E-state index < -0.39 is 0 Å². The van der Waals surface area contributed by atoms with Gasteiger partial charge in [-0.05, 0) is 37.5 Å². The Hall–Kier alpha value is -0.380. The van der Waals surface area contributed by atoms with E-state index in [2.05, 4.69) is 24.2 Å². The third-order valence-electron chi connectivity index (χ3n) is 3.37. The van der Waals surface area contributed by atoms with Crippen LogP contribution in [0.4, 0.5) is 0 Å². The minimum Gasteiger partial charge on any atom is -0.359 e. The summed E-state index contributed by atoms with van der Waals surface area (Å²) in [6, 6.07) is 5.62. The first-order chi connectivity index (χ1) is 9.02. The van der Waals surface area contributed by atoms with Crippen molar-refractivity contribution in [2.45, 2.75) is 32.2 Å². The summed E-state index contributed by atoms with van der Waals surface area (Å²) in [4.78, 5) is 4.60. The van der Waals surface area contributed by atoms with Gasteiger partial charge >= 0.3 is 0 Å². The van der Waals surface area contributed by atoms with E-state index >= 15 is 0 Å². The second kappa shape index (κ2) is 6.38. The van der Waals surface area contributed by atoms with E-state index in [-0.39, 0.29) is 5.54 Å². The molecule has 0 amide bonds. The highest BCUT2D eigenvalue weighted by Gasteiger charge is 2.30. The zero-order chi connectivity index (χ0) is 13.9. The van der Waals surface area contributed by atoms with Crippen molar-refractivity contribution in [2.24, 2.45) is 4.99 Å². The lowest BCUT2D eigenvalue weighted by Gasteiger charge is -2.20. The lowest BCUT2D eigenvalue weighted by atomic mass is 10.0. The minimum atomic E-state index is 0.196. The fourth-order valence-electron chi connectivity index (χ4n) is 1.84. The van der Waals surface area contributed by atoms with E-state index in [1.54, 1.807) is 17.8 Å². The Labute approximate surface area is 129 Å². The number of halogens is 2. The first kappa shape index (κ1) is 15.0. The fourth-order valence-corrected chi connectivity index (χ4v) is 3.57. The normalized spacial score (nSPS) is 24.7. The molecule has 0 saturated carbocycles. The molecule has 0 aliphatic carbocycles. The first-order valence-electron chi connectivity index (χ1n) is 6.42. The van der Waals surface area contributed by atoms with Gasteiger partial charge in [-0.25, -0.2) is 0 Å². The quantitative estimate of drug-likeness (QED) is 0.890. The minimum absolute atomic E-state index is 0.196. The molecule has 1 unspecified atom stereocenters. The molecule has 1 saturated heterocycles. The molecule has 1 aromatic carbocycles. The zero-order valence-corrected chi connectivity index (χ0v) is 13.5. The van der Waals surface area contributed by atoms with Crippen LogP contribution in [-0.4, -0.2) is 23.0 Å². The summed E-state index contributed by atoms with van der Waals surface area (Å²) in [6.45, 7) is 5.18. The van der Waals surface area contributed by atoms with Gasteiger partial charge in [0, 0.05) is 27.9 Å². The summed E-state index contributed by atoms with van der Waals surface area (Å²) >= 11 is 13.8. The summed E-state index contributed by atoms with van der Waals surface area (Å²) in [5, 5.41) is 5.93. The van der Waals surface area contributed by atoms with E-state index in [0.717, 1.165) is 40.9 Å². The van der Waals surface area contributed by atoms with E-state index in [4.69, 9.17) is 23.2 Å². The Kier molecular flexibility index (Phi) is 5.04. The van der Waals surface area contributed by atoms with E-state index in [9.17, 15) is 0 Å². The van der Waals surface area contributed by atoms with Gasteiger partial charge in [-0.15, -0.1) is 0 Å². The molecule has 19 heavy (non-hydrogen) atoms. The number of benzene rings is 1. The van der Waals surface area contributed by atoms with E-state index in [1.165, 1.54) is 0 Å². The van der Waals surface area contributed by atoms with Crippen molar-refractivity contribution < 1.29 is 0 Å². The standard InChI is InChI=1S/C14H18Cl2N2S/c1-3-14(2)9-19-13(18-14)17-7-6-10-4-5-11(15)8-12(10)16/h4-5,8H,3,6-7,9H2,1-2H3,(H,17,18). The van der Waals surface area contributed by atoms with Gasteiger partial charge in [0.2, 0.25) is 0 Å². The van der Waals surface area contributed by atoms with Crippen LogP contribution >= 0.6 is 35.0 Å². The molecule has 1 aliphatic heterocycles. The van der Waals surface area contributed by atoms with E-state index in [1.807, 2.05) is 12.1 Å². The molecule has 1 aliphatic rings. The highest BCUT2D eigenvalue weighted by atomic mass is 35.5. The zero-order valence-electron chi connectivity index (χ0n) is 11.2. The first-order valence-corrected chi connectivity index (χ1v) is 8.16. The molecule has 5 heteroatoms. The number of amidine groups is 1. The van der Waals surface area contributed by atoms with Crippen LogP contribution < -0.4 is 5.32 Å². The predicted octanol–water partition coefficient (Wildman–Crippen LogP) is 4.40. The van der Waals surface area contributed by atoms with Crippen LogP contribution in [0.5, 0.6) is 0 Å². The molecular formula is C14H18Cl2N2S. The topological polar surface area (TPSA) is 24.4 Å². The maximum absolute atomic E-state index is 6.14. The number of nitrogens with zero attached hydrogens (tertiary/aromatic N) is 1. The van der Waals surface area contributed by atoms with Crippen LogP contribution in [0.15, 0.2) is 23.2 Å². The second-order valence-corrected chi connectivity index (χ2v) is 6.81. The number of hydrogen-bond acceptors (Lipinski definition) is 2. The molecule has 104 valence electrons. The largest absolute Gasteiger partial charge is 0.359 e. The van der Waals surface area contributed by atoms with Crippen LogP contribution in [0, 0.1) is 0 Å². The monoisotopic (exact) mass is 316 g/mol. The Bertz CT molecular complexity index is 490. The van der Waals surface area contributed by atoms with Gasteiger partial charge in [0.25, 0.3) is 0 Å². The van der Waals surface area contributed by atoms with Crippen molar-refractivity contribution in [2.75, 3.05) is 12.3 Å².